The summed E-state index contributed by atoms with van der Waals surface area (Å²) in [5.41, 5.74) is 7.00. The number of benzene rings is 1. The molecule has 0 aliphatic carbocycles. The molecule has 0 bridgehead atoms. The van der Waals surface area contributed by atoms with Gasteiger partial charge in [0.05, 0.1) is 17.7 Å². The maximum Gasteiger partial charge on any atom is 0.0963 e. The molecule has 0 radical (unpaired) electrons. The van der Waals surface area contributed by atoms with E-state index in [0.29, 0.717) is 6.04 Å². The smallest absolute Gasteiger partial charge is 0.0963 e. The Morgan fingerprint density at radius 2 is 1.84 bits per heavy atom. The third-order valence-corrected chi connectivity index (χ3v) is 4.70. The summed E-state index contributed by atoms with van der Waals surface area (Å²) in [6.07, 6.45) is 2.62. The van der Waals surface area contributed by atoms with Crippen LogP contribution in [0.4, 0.5) is 0 Å². The third kappa shape index (κ3) is 3.27. The lowest BCUT2D eigenvalue weighted by atomic mass is 10.0. The molecule has 0 fully saturated rings. The van der Waals surface area contributed by atoms with E-state index in [9.17, 15) is 5.11 Å². The number of rotatable bonds is 6. The van der Waals surface area contributed by atoms with Crippen molar-refractivity contribution < 1.29 is 5.11 Å². The molecule has 1 N–H and O–H groups in total. The van der Waals surface area contributed by atoms with E-state index in [2.05, 4.69) is 55.0 Å². The fourth-order valence-electron chi connectivity index (χ4n) is 3.69. The van der Waals surface area contributed by atoms with Gasteiger partial charge in [0.25, 0.3) is 0 Å². The lowest BCUT2D eigenvalue weighted by molar-refractivity contribution is 0.280. The highest BCUT2D eigenvalue weighted by atomic mass is 16.3. The Labute approximate surface area is 149 Å². The molecule has 0 amide bonds. The molecule has 25 heavy (non-hydrogen) atoms. The summed E-state index contributed by atoms with van der Waals surface area (Å²) in [6.45, 7) is 9.71. The van der Waals surface area contributed by atoms with Crippen LogP contribution < -0.4 is 0 Å². The van der Waals surface area contributed by atoms with Gasteiger partial charge in [-0.25, -0.2) is 4.98 Å². The first-order valence-corrected chi connectivity index (χ1v) is 8.94. The Morgan fingerprint density at radius 1 is 1.12 bits per heavy atom. The van der Waals surface area contributed by atoms with Crippen molar-refractivity contribution in [3.05, 3.63) is 54.1 Å². The molecule has 1 aromatic carbocycles. The number of aromatic nitrogens is 3. The maximum atomic E-state index is 9.25. The Morgan fingerprint density at radius 3 is 2.44 bits per heavy atom. The summed E-state index contributed by atoms with van der Waals surface area (Å²) < 4.78 is 4.54. The van der Waals surface area contributed by atoms with Gasteiger partial charge in [0.15, 0.2) is 0 Å². The molecule has 0 aliphatic heterocycles. The molecule has 0 saturated heterocycles. The summed E-state index contributed by atoms with van der Waals surface area (Å²) in [6, 6.07) is 13.0. The van der Waals surface area contributed by atoms with E-state index in [1.165, 1.54) is 17.0 Å². The molecule has 3 aromatic rings. The van der Waals surface area contributed by atoms with Gasteiger partial charge in [0, 0.05) is 41.7 Å². The van der Waals surface area contributed by atoms with Gasteiger partial charge in [-0.15, -0.1) is 0 Å². The highest BCUT2D eigenvalue weighted by molar-refractivity contribution is 5.80. The first kappa shape index (κ1) is 17.5. The fraction of sp³-hybridized carbons (Fsp3) is 0.381. The standard InChI is InChI=1S/C21H27N3O/c1-15(2)24-16(3)13-19(17(24)4)21-20(18-9-6-5-7-10-18)22-14-23(21)11-8-12-25/h5-7,9-10,13-15,25H,8,11-12H2,1-4H3. The van der Waals surface area contributed by atoms with Gasteiger partial charge < -0.3 is 14.2 Å². The Hall–Kier alpha value is -2.33. The molecule has 0 atom stereocenters. The predicted molar refractivity (Wildman–Crippen MR) is 103 cm³/mol. The molecule has 0 spiro atoms. The van der Waals surface area contributed by atoms with Crippen LogP contribution in [0.2, 0.25) is 0 Å². The molecule has 2 heterocycles. The highest BCUT2D eigenvalue weighted by Crippen LogP contribution is 2.36. The van der Waals surface area contributed by atoms with Crippen LogP contribution in [0.5, 0.6) is 0 Å². The van der Waals surface area contributed by atoms with Gasteiger partial charge in [-0.3, -0.25) is 0 Å². The van der Waals surface area contributed by atoms with E-state index in [0.717, 1.165) is 29.9 Å². The van der Waals surface area contributed by atoms with Crippen LogP contribution >= 0.6 is 0 Å². The first-order chi connectivity index (χ1) is 12.0. The molecular weight excluding hydrogens is 310 g/mol. The van der Waals surface area contributed by atoms with Gasteiger partial charge >= 0.3 is 0 Å². The van der Waals surface area contributed by atoms with Crippen LogP contribution in [0.15, 0.2) is 42.7 Å². The zero-order chi connectivity index (χ0) is 18.0. The first-order valence-electron chi connectivity index (χ1n) is 8.94. The van der Waals surface area contributed by atoms with Crippen molar-refractivity contribution in [1.82, 2.24) is 14.1 Å². The highest BCUT2D eigenvalue weighted by Gasteiger charge is 2.20. The molecule has 3 rings (SSSR count). The number of aliphatic hydroxyl groups is 1. The summed E-state index contributed by atoms with van der Waals surface area (Å²) in [7, 11) is 0. The minimum Gasteiger partial charge on any atom is -0.396 e. The maximum absolute atomic E-state index is 9.25. The fourth-order valence-corrected chi connectivity index (χ4v) is 3.69. The molecule has 0 saturated carbocycles. The minimum atomic E-state index is 0.184. The second-order valence-corrected chi connectivity index (χ2v) is 6.83. The molecule has 132 valence electrons. The molecule has 0 aliphatic rings. The number of nitrogens with zero attached hydrogens (tertiary/aromatic N) is 3. The number of aryl methyl sites for hydroxylation is 2. The average Bonchev–Trinajstić information content (AvgIpc) is 3.14. The minimum absolute atomic E-state index is 0.184. The lowest BCUT2D eigenvalue weighted by Gasteiger charge is -2.15. The van der Waals surface area contributed by atoms with Gasteiger partial charge in [0.1, 0.15) is 0 Å². The summed E-state index contributed by atoms with van der Waals surface area (Å²) in [4.78, 5) is 4.71. The van der Waals surface area contributed by atoms with Crippen molar-refractivity contribution in [3.8, 4) is 22.5 Å². The van der Waals surface area contributed by atoms with Gasteiger partial charge in [-0.1, -0.05) is 30.3 Å². The second kappa shape index (κ2) is 7.28. The van der Waals surface area contributed by atoms with E-state index in [4.69, 9.17) is 4.98 Å². The largest absolute Gasteiger partial charge is 0.396 e. The van der Waals surface area contributed by atoms with Crippen LogP contribution in [-0.2, 0) is 6.54 Å². The predicted octanol–water partition coefficient (Wildman–Crippen LogP) is 4.60. The summed E-state index contributed by atoms with van der Waals surface area (Å²) >= 11 is 0. The summed E-state index contributed by atoms with van der Waals surface area (Å²) in [5.74, 6) is 0. The van der Waals surface area contributed by atoms with Crippen LogP contribution in [-0.4, -0.2) is 25.8 Å². The lowest BCUT2D eigenvalue weighted by Crippen LogP contribution is -2.06. The quantitative estimate of drug-likeness (QED) is 0.714. The number of hydrogen-bond donors (Lipinski definition) is 1. The Balaban J connectivity index is 2.20. The number of imidazole rings is 1. The summed E-state index contributed by atoms with van der Waals surface area (Å²) in [5, 5.41) is 9.25. The van der Waals surface area contributed by atoms with E-state index in [-0.39, 0.29) is 6.61 Å². The molecule has 4 nitrogen and oxygen atoms in total. The van der Waals surface area contributed by atoms with Crippen LogP contribution in [0.25, 0.3) is 22.5 Å². The molecule has 4 heteroatoms. The van der Waals surface area contributed by atoms with E-state index in [1.807, 2.05) is 24.5 Å². The van der Waals surface area contributed by atoms with Crippen LogP contribution in [0.3, 0.4) is 0 Å². The van der Waals surface area contributed by atoms with Crippen molar-refractivity contribution in [2.45, 2.75) is 46.7 Å². The van der Waals surface area contributed by atoms with E-state index in [1.54, 1.807) is 0 Å². The van der Waals surface area contributed by atoms with Crippen molar-refractivity contribution in [1.29, 1.82) is 0 Å². The number of hydrogen-bond acceptors (Lipinski definition) is 2. The zero-order valence-electron chi connectivity index (χ0n) is 15.5. The van der Waals surface area contributed by atoms with Gasteiger partial charge in [-0.2, -0.15) is 0 Å². The van der Waals surface area contributed by atoms with Gasteiger partial charge in [0.2, 0.25) is 0 Å². The zero-order valence-corrected chi connectivity index (χ0v) is 15.5. The van der Waals surface area contributed by atoms with Crippen LogP contribution in [0.1, 0.15) is 37.7 Å². The second-order valence-electron chi connectivity index (χ2n) is 6.83. The average molecular weight is 337 g/mol. The molecule has 0 unspecified atom stereocenters. The molecular formula is C21H27N3O. The van der Waals surface area contributed by atoms with Crippen molar-refractivity contribution in [3.63, 3.8) is 0 Å². The monoisotopic (exact) mass is 337 g/mol. The van der Waals surface area contributed by atoms with E-state index >= 15 is 0 Å². The third-order valence-electron chi connectivity index (χ3n) is 4.70. The normalized spacial score (nSPS) is 11.4. The number of aliphatic hydroxyl groups excluding tert-OH is 1. The van der Waals surface area contributed by atoms with Crippen molar-refractivity contribution >= 4 is 0 Å². The molecule has 2 aromatic heterocycles. The van der Waals surface area contributed by atoms with Crippen molar-refractivity contribution in [2.24, 2.45) is 0 Å². The SMILES string of the molecule is Cc1cc(-c2c(-c3ccccc3)ncn2CCCO)c(C)n1C(C)C. The van der Waals surface area contributed by atoms with Gasteiger partial charge in [-0.05, 0) is 40.2 Å². The Kier molecular flexibility index (Phi) is 5.09. The van der Waals surface area contributed by atoms with Crippen LogP contribution in [0, 0.1) is 13.8 Å². The topological polar surface area (TPSA) is 43.0 Å². The Bertz CT molecular complexity index is 844. The van der Waals surface area contributed by atoms with Crippen molar-refractivity contribution in [2.75, 3.05) is 6.61 Å². The van der Waals surface area contributed by atoms with E-state index < -0.39 is 0 Å².